The van der Waals surface area contributed by atoms with Gasteiger partial charge in [0.2, 0.25) is 5.91 Å². The predicted molar refractivity (Wildman–Crippen MR) is 91.5 cm³/mol. The first-order valence-electron chi connectivity index (χ1n) is 8.14. The third kappa shape index (κ3) is 5.34. The van der Waals surface area contributed by atoms with E-state index in [-0.39, 0.29) is 30.5 Å². The van der Waals surface area contributed by atoms with E-state index < -0.39 is 24.5 Å². The van der Waals surface area contributed by atoms with E-state index in [2.05, 4.69) is 15.4 Å². The summed E-state index contributed by atoms with van der Waals surface area (Å²) in [5, 5.41) is 4.92. The number of halogens is 2. The fourth-order valence-electron chi connectivity index (χ4n) is 2.50. The molecule has 0 radical (unpaired) electrons. The summed E-state index contributed by atoms with van der Waals surface area (Å²) < 4.78 is 35.0. The highest BCUT2D eigenvalue weighted by molar-refractivity contribution is 6.10. The van der Waals surface area contributed by atoms with E-state index in [1.165, 1.54) is 23.1 Å². The van der Waals surface area contributed by atoms with Crippen LogP contribution in [0.2, 0.25) is 0 Å². The zero-order chi connectivity index (χ0) is 20.0. The van der Waals surface area contributed by atoms with E-state index in [4.69, 9.17) is 10.5 Å². The second-order valence-electron chi connectivity index (χ2n) is 5.54. The molecular formula is C16H20F2N4O5. The van der Waals surface area contributed by atoms with Gasteiger partial charge in [-0.1, -0.05) is 6.92 Å². The Morgan fingerprint density at radius 1 is 1.41 bits per heavy atom. The van der Waals surface area contributed by atoms with Crippen molar-refractivity contribution in [1.29, 1.82) is 0 Å². The Morgan fingerprint density at radius 3 is 2.74 bits per heavy atom. The van der Waals surface area contributed by atoms with Crippen LogP contribution in [-0.4, -0.2) is 56.7 Å². The number of hydrogen-bond donors (Lipinski definition) is 3. The van der Waals surface area contributed by atoms with E-state index in [1.807, 2.05) is 0 Å². The van der Waals surface area contributed by atoms with Gasteiger partial charge in [-0.25, -0.2) is 0 Å². The van der Waals surface area contributed by atoms with E-state index in [0.717, 1.165) is 0 Å². The van der Waals surface area contributed by atoms with Crippen molar-refractivity contribution in [3.8, 4) is 5.75 Å². The van der Waals surface area contributed by atoms with Gasteiger partial charge in [0.1, 0.15) is 6.61 Å². The highest BCUT2D eigenvalue weighted by atomic mass is 19.3. The molecular weight excluding hydrogens is 366 g/mol. The lowest BCUT2D eigenvalue weighted by atomic mass is 10.2. The van der Waals surface area contributed by atoms with Crippen molar-refractivity contribution >= 4 is 29.1 Å². The average Bonchev–Trinajstić information content (AvgIpc) is 2.60. The van der Waals surface area contributed by atoms with Gasteiger partial charge in [-0.2, -0.15) is 8.78 Å². The van der Waals surface area contributed by atoms with Gasteiger partial charge in [-0.15, -0.1) is 0 Å². The first-order chi connectivity index (χ1) is 12.8. The van der Waals surface area contributed by atoms with Gasteiger partial charge in [-0.3, -0.25) is 19.7 Å². The van der Waals surface area contributed by atoms with Crippen molar-refractivity contribution in [1.82, 2.24) is 5.32 Å². The van der Waals surface area contributed by atoms with Crippen molar-refractivity contribution < 1.29 is 32.6 Å². The Kier molecular flexibility index (Phi) is 7.02. The highest BCUT2D eigenvalue weighted by Crippen LogP contribution is 2.32. The molecule has 1 aromatic rings. The number of likely N-dealkylation sites (N-methyl/N-ethyl adjacent to an activating group) is 1. The van der Waals surface area contributed by atoms with E-state index in [1.54, 1.807) is 6.92 Å². The number of carbonyl (C=O) groups excluding carboxylic acids is 3. The van der Waals surface area contributed by atoms with Crippen molar-refractivity contribution in [3.63, 3.8) is 0 Å². The number of rotatable bonds is 8. The van der Waals surface area contributed by atoms with Crippen LogP contribution in [0.25, 0.3) is 0 Å². The van der Waals surface area contributed by atoms with Gasteiger partial charge in [0.25, 0.3) is 11.8 Å². The van der Waals surface area contributed by atoms with Crippen LogP contribution in [-0.2, 0) is 19.1 Å². The third-order valence-corrected chi connectivity index (χ3v) is 3.69. The lowest BCUT2D eigenvalue weighted by molar-refractivity contribution is -0.128. The maximum absolute atomic E-state index is 12.8. The number of alkyl halides is 2. The summed E-state index contributed by atoms with van der Waals surface area (Å²) in [6, 6.07) is 2.63. The van der Waals surface area contributed by atoms with Gasteiger partial charge in [0.15, 0.2) is 11.8 Å². The molecule has 0 unspecified atom stereocenters. The Labute approximate surface area is 153 Å². The Morgan fingerprint density at radius 2 is 2.15 bits per heavy atom. The molecule has 1 heterocycles. The van der Waals surface area contributed by atoms with Crippen LogP contribution in [0.15, 0.2) is 18.2 Å². The number of hydrogen-bond acceptors (Lipinski definition) is 6. The molecule has 0 bridgehead atoms. The SMILES string of the molecule is CCN[C@@H](C(N)=O)C(=O)Nc1ccc(N2CCOCC2=O)cc1OC(F)F. The molecule has 27 heavy (non-hydrogen) atoms. The van der Waals surface area contributed by atoms with Gasteiger partial charge >= 0.3 is 6.61 Å². The second kappa shape index (κ2) is 9.24. The minimum absolute atomic E-state index is 0.0890. The van der Waals surface area contributed by atoms with Crippen molar-refractivity contribution in [2.24, 2.45) is 5.73 Å². The van der Waals surface area contributed by atoms with E-state index in [9.17, 15) is 23.2 Å². The van der Waals surface area contributed by atoms with Gasteiger partial charge in [0, 0.05) is 18.3 Å². The molecule has 1 fully saturated rings. The molecule has 1 aliphatic rings. The summed E-state index contributed by atoms with van der Waals surface area (Å²) in [7, 11) is 0. The summed E-state index contributed by atoms with van der Waals surface area (Å²) in [6.45, 7) is -0.757. The topological polar surface area (TPSA) is 123 Å². The summed E-state index contributed by atoms with van der Waals surface area (Å²) in [5.74, 6) is -2.42. The molecule has 0 saturated carbocycles. The summed E-state index contributed by atoms with van der Waals surface area (Å²) in [6.07, 6.45) is 0. The summed E-state index contributed by atoms with van der Waals surface area (Å²) in [5.41, 5.74) is 5.39. The number of morpholine rings is 1. The molecule has 2 rings (SSSR count). The molecule has 11 heteroatoms. The second-order valence-corrected chi connectivity index (χ2v) is 5.54. The van der Waals surface area contributed by atoms with E-state index >= 15 is 0 Å². The number of carbonyl (C=O) groups is 3. The van der Waals surface area contributed by atoms with Crippen LogP contribution < -0.4 is 26.0 Å². The molecule has 3 amide bonds. The molecule has 148 valence electrons. The molecule has 1 saturated heterocycles. The Bertz CT molecular complexity index is 716. The van der Waals surface area contributed by atoms with Gasteiger partial charge < -0.3 is 25.4 Å². The standard InChI is InChI=1S/C16H20F2N4O5/c1-2-20-13(14(19)24)15(25)21-10-4-3-9(7-11(10)27-16(17)18)22-5-6-26-8-12(22)23/h3-4,7,13,16,20H,2,5-6,8H2,1H3,(H2,19,24)(H,21,25)/t13-/m0/s1. The zero-order valence-corrected chi connectivity index (χ0v) is 14.5. The van der Waals surface area contributed by atoms with Crippen LogP contribution in [0, 0.1) is 0 Å². The molecule has 4 N–H and O–H groups in total. The van der Waals surface area contributed by atoms with Gasteiger partial charge in [0.05, 0.1) is 12.3 Å². The van der Waals surface area contributed by atoms with Crippen molar-refractivity contribution in [2.45, 2.75) is 19.6 Å². The van der Waals surface area contributed by atoms with E-state index in [0.29, 0.717) is 18.8 Å². The number of nitrogens with two attached hydrogens (primary N) is 1. The number of benzene rings is 1. The van der Waals surface area contributed by atoms with Crippen LogP contribution in [0.3, 0.4) is 0 Å². The Balaban J connectivity index is 2.28. The number of amides is 3. The monoisotopic (exact) mass is 386 g/mol. The number of primary amides is 1. The molecule has 0 aromatic heterocycles. The number of anilines is 2. The molecule has 1 atom stereocenters. The lowest BCUT2D eigenvalue weighted by Gasteiger charge is -2.27. The summed E-state index contributed by atoms with van der Waals surface area (Å²) >= 11 is 0. The molecule has 0 aliphatic carbocycles. The molecule has 1 aromatic carbocycles. The maximum atomic E-state index is 12.8. The quantitative estimate of drug-likeness (QED) is 0.543. The van der Waals surface area contributed by atoms with Crippen LogP contribution in [0.4, 0.5) is 20.2 Å². The average molecular weight is 386 g/mol. The molecule has 0 spiro atoms. The van der Waals surface area contributed by atoms with Crippen molar-refractivity contribution in [2.75, 3.05) is 36.5 Å². The minimum Gasteiger partial charge on any atom is -0.433 e. The normalized spacial score (nSPS) is 15.6. The first-order valence-corrected chi connectivity index (χ1v) is 8.14. The predicted octanol–water partition coefficient (Wildman–Crippen LogP) is 0.0531. The largest absolute Gasteiger partial charge is 0.433 e. The number of ether oxygens (including phenoxy) is 2. The molecule has 9 nitrogen and oxygen atoms in total. The van der Waals surface area contributed by atoms with Crippen LogP contribution in [0.5, 0.6) is 5.75 Å². The summed E-state index contributed by atoms with van der Waals surface area (Å²) in [4.78, 5) is 36.9. The third-order valence-electron chi connectivity index (χ3n) is 3.69. The fourth-order valence-corrected chi connectivity index (χ4v) is 2.50. The smallest absolute Gasteiger partial charge is 0.387 e. The van der Waals surface area contributed by atoms with Crippen LogP contribution in [0.1, 0.15) is 6.92 Å². The maximum Gasteiger partial charge on any atom is 0.387 e. The highest BCUT2D eigenvalue weighted by Gasteiger charge is 2.26. The molecule has 1 aliphatic heterocycles. The van der Waals surface area contributed by atoms with Crippen LogP contribution >= 0.6 is 0 Å². The number of nitrogens with zero attached hydrogens (tertiary/aromatic N) is 1. The first kappa shape index (κ1) is 20.5. The minimum atomic E-state index is -3.16. The number of nitrogens with one attached hydrogen (secondary N) is 2. The van der Waals surface area contributed by atoms with Crippen molar-refractivity contribution in [3.05, 3.63) is 18.2 Å². The zero-order valence-electron chi connectivity index (χ0n) is 14.5. The fraction of sp³-hybridized carbons (Fsp3) is 0.438. The van der Waals surface area contributed by atoms with Gasteiger partial charge in [-0.05, 0) is 18.7 Å². The Hall–Kier alpha value is -2.79. The lowest BCUT2D eigenvalue weighted by Crippen LogP contribution is -2.49.